The summed E-state index contributed by atoms with van der Waals surface area (Å²) in [6.45, 7) is 0.396. The van der Waals surface area contributed by atoms with Crippen LogP contribution in [0.1, 0.15) is 73.5 Å². The van der Waals surface area contributed by atoms with E-state index in [9.17, 15) is 19.2 Å². The summed E-state index contributed by atoms with van der Waals surface area (Å²) in [5.74, 6) is -0.336. The van der Waals surface area contributed by atoms with Gasteiger partial charge in [-0.2, -0.15) is 0 Å². The monoisotopic (exact) mass is 479 g/mol. The van der Waals surface area contributed by atoms with E-state index in [1.54, 1.807) is 30.3 Å². The van der Waals surface area contributed by atoms with Crippen LogP contribution in [0.15, 0.2) is 36.4 Å². The first-order valence-electron chi connectivity index (χ1n) is 11.7. The smallest absolute Gasteiger partial charge is 0.261 e. The number of nitrogens with zero attached hydrogens (tertiary/aromatic N) is 1. The summed E-state index contributed by atoms with van der Waals surface area (Å²) in [5, 5.41) is 5.47. The molecule has 0 aromatic heterocycles. The third-order valence-electron chi connectivity index (χ3n) is 6.46. The first-order valence-corrected chi connectivity index (χ1v) is 11.7. The van der Waals surface area contributed by atoms with Gasteiger partial charge in [0.25, 0.3) is 23.6 Å². The molecule has 0 bridgehead atoms. The van der Waals surface area contributed by atoms with Crippen molar-refractivity contribution in [1.29, 1.82) is 0 Å². The molecule has 35 heavy (non-hydrogen) atoms. The van der Waals surface area contributed by atoms with Crippen LogP contribution in [0.3, 0.4) is 0 Å². The van der Waals surface area contributed by atoms with Crippen LogP contribution in [-0.2, 0) is 0 Å². The lowest BCUT2D eigenvalue weighted by Crippen LogP contribution is -2.40. The molecule has 2 aliphatic rings. The van der Waals surface area contributed by atoms with Crippen LogP contribution < -0.4 is 20.1 Å². The van der Waals surface area contributed by atoms with Crippen LogP contribution in [0, 0.1) is 0 Å². The van der Waals surface area contributed by atoms with Crippen molar-refractivity contribution in [2.45, 2.75) is 38.1 Å². The Bertz CT molecular complexity index is 1160. The van der Waals surface area contributed by atoms with Gasteiger partial charge in [0.2, 0.25) is 0 Å². The number of benzene rings is 2. The van der Waals surface area contributed by atoms with Gasteiger partial charge in [-0.1, -0.05) is 19.3 Å². The minimum Gasteiger partial charge on any atom is -0.493 e. The predicted molar refractivity (Wildman–Crippen MR) is 128 cm³/mol. The predicted octanol–water partition coefficient (Wildman–Crippen LogP) is 2.79. The van der Waals surface area contributed by atoms with E-state index >= 15 is 0 Å². The summed E-state index contributed by atoms with van der Waals surface area (Å²) < 4.78 is 10.4. The van der Waals surface area contributed by atoms with Crippen molar-refractivity contribution in [3.63, 3.8) is 0 Å². The van der Waals surface area contributed by atoms with E-state index < -0.39 is 0 Å². The molecule has 1 aliphatic heterocycles. The van der Waals surface area contributed by atoms with E-state index in [2.05, 4.69) is 10.6 Å². The zero-order valence-electron chi connectivity index (χ0n) is 19.9. The quantitative estimate of drug-likeness (QED) is 0.445. The number of amides is 4. The van der Waals surface area contributed by atoms with Crippen LogP contribution in [0.25, 0.3) is 0 Å². The molecule has 0 spiro atoms. The molecule has 9 heteroatoms. The third-order valence-corrected chi connectivity index (χ3v) is 6.46. The van der Waals surface area contributed by atoms with Crippen molar-refractivity contribution in [2.24, 2.45) is 0 Å². The van der Waals surface area contributed by atoms with Gasteiger partial charge in [0.1, 0.15) is 0 Å². The van der Waals surface area contributed by atoms with E-state index in [1.807, 2.05) is 0 Å². The number of carbonyl (C=O) groups is 4. The lowest BCUT2D eigenvalue weighted by Gasteiger charge is -2.29. The van der Waals surface area contributed by atoms with Crippen LogP contribution >= 0.6 is 0 Å². The highest BCUT2D eigenvalue weighted by Gasteiger charge is 2.40. The van der Waals surface area contributed by atoms with Crippen molar-refractivity contribution in [3.8, 4) is 11.5 Å². The summed E-state index contributed by atoms with van der Waals surface area (Å²) in [4.78, 5) is 52.1. The van der Waals surface area contributed by atoms with Gasteiger partial charge in [-0.05, 0) is 49.2 Å². The number of rotatable bonds is 8. The molecule has 184 valence electrons. The Morgan fingerprint density at radius 2 is 1.37 bits per heavy atom. The zero-order chi connectivity index (χ0) is 24.9. The standard InChI is InChI=1S/C26H29N3O6/c1-34-21-11-9-17(15-22(21)35-2)24(31)28-13-12-27-23(30)16-8-10-19-20(14-16)26(33)29(25(19)32)18-6-4-3-5-7-18/h8-11,14-15,18H,3-7,12-13H2,1-2H3,(H,27,30)(H,28,31). The van der Waals surface area contributed by atoms with Gasteiger partial charge in [0.05, 0.1) is 25.3 Å². The maximum atomic E-state index is 12.9. The number of carbonyl (C=O) groups excluding carboxylic acids is 4. The Balaban J connectivity index is 1.32. The fraction of sp³-hybridized carbons (Fsp3) is 0.385. The molecule has 2 N–H and O–H groups in total. The Morgan fingerprint density at radius 1 is 0.800 bits per heavy atom. The van der Waals surface area contributed by atoms with Crippen molar-refractivity contribution >= 4 is 23.6 Å². The largest absolute Gasteiger partial charge is 0.493 e. The number of ether oxygens (including phenoxy) is 2. The second kappa shape index (κ2) is 10.6. The topological polar surface area (TPSA) is 114 Å². The molecule has 1 fully saturated rings. The van der Waals surface area contributed by atoms with E-state index in [-0.39, 0.29) is 48.3 Å². The Morgan fingerprint density at radius 3 is 2.00 bits per heavy atom. The average Bonchev–Trinajstić information content (AvgIpc) is 3.15. The molecule has 0 saturated heterocycles. The maximum absolute atomic E-state index is 12.9. The van der Waals surface area contributed by atoms with Gasteiger partial charge in [-0.15, -0.1) is 0 Å². The molecular weight excluding hydrogens is 450 g/mol. The summed E-state index contributed by atoms with van der Waals surface area (Å²) >= 11 is 0. The fourth-order valence-corrected chi connectivity index (χ4v) is 4.61. The minimum absolute atomic E-state index is 0.0669. The number of hydrogen-bond donors (Lipinski definition) is 2. The van der Waals surface area contributed by atoms with Crippen LogP contribution in [-0.4, -0.2) is 61.9 Å². The second-order valence-electron chi connectivity index (χ2n) is 8.61. The van der Waals surface area contributed by atoms with Gasteiger partial charge >= 0.3 is 0 Å². The highest BCUT2D eigenvalue weighted by atomic mass is 16.5. The van der Waals surface area contributed by atoms with Crippen molar-refractivity contribution < 1.29 is 28.7 Å². The van der Waals surface area contributed by atoms with Gasteiger partial charge in [0, 0.05) is 30.3 Å². The number of hydrogen-bond acceptors (Lipinski definition) is 6. The summed E-state index contributed by atoms with van der Waals surface area (Å²) in [5.41, 5.74) is 1.31. The molecule has 2 aromatic carbocycles. The molecule has 0 unspecified atom stereocenters. The lowest BCUT2D eigenvalue weighted by molar-refractivity contribution is 0.0548. The van der Waals surface area contributed by atoms with E-state index in [1.165, 1.54) is 25.2 Å². The third kappa shape index (κ3) is 4.99. The fourth-order valence-electron chi connectivity index (χ4n) is 4.61. The number of imide groups is 1. The first kappa shape index (κ1) is 24.3. The van der Waals surface area contributed by atoms with Gasteiger partial charge in [-0.25, -0.2) is 0 Å². The van der Waals surface area contributed by atoms with Crippen LogP contribution in [0.2, 0.25) is 0 Å². The van der Waals surface area contributed by atoms with Gasteiger partial charge in [0.15, 0.2) is 11.5 Å². The summed E-state index contributed by atoms with van der Waals surface area (Å²) in [7, 11) is 3.01. The lowest BCUT2D eigenvalue weighted by atomic mass is 9.94. The van der Waals surface area contributed by atoms with E-state index in [0.717, 1.165) is 32.1 Å². The molecule has 4 rings (SSSR count). The van der Waals surface area contributed by atoms with Gasteiger partial charge < -0.3 is 20.1 Å². The van der Waals surface area contributed by atoms with Crippen molar-refractivity contribution in [2.75, 3.05) is 27.3 Å². The molecule has 1 aliphatic carbocycles. The Kier molecular flexibility index (Phi) is 7.33. The number of methoxy groups -OCH3 is 2. The van der Waals surface area contributed by atoms with Gasteiger partial charge in [-0.3, -0.25) is 24.1 Å². The van der Waals surface area contributed by atoms with Crippen molar-refractivity contribution in [1.82, 2.24) is 15.5 Å². The first-order chi connectivity index (χ1) is 16.9. The highest BCUT2D eigenvalue weighted by molar-refractivity contribution is 6.22. The van der Waals surface area contributed by atoms with E-state index in [4.69, 9.17) is 9.47 Å². The maximum Gasteiger partial charge on any atom is 0.261 e. The summed E-state index contributed by atoms with van der Waals surface area (Å²) in [6.07, 6.45) is 4.79. The molecule has 4 amide bonds. The molecule has 9 nitrogen and oxygen atoms in total. The van der Waals surface area contributed by atoms with Crippen molar-refractivity contribution in [3.05, 3.63) is 58.7 Å². The normalized spacial score (nSPS) is 15.5. The highest BCUT2D eigenvalue weighted by Crippen LogP contribution is 2.31. The molecule has 1 heterocycles. The minimum atomic E-state index is -0.385. The van der Waals surface area contributed by atoms with Crippen LogP contribution in [0.5, 0.6) is 11.5 Å². The molecular formula is C26H29N3O6. The SMILES string of the molecule is COc1ccc(C(=O)NCCNC(=O)c2ccc3c(c2)C(=O)N(C2CCCCC2)C3=O)cc1OC. The van der Waals surface area contributed by atoms with Crippen LogP contribution in [0.4, 0.5) is 0 Å². The molecule has 1 saturated carbocycles. The Labute approximate surface area is 203 Å². The second-order valence-corrected chi connectivity index (χ2v) is 8.61. The number of nitrogens with one attached hydrogen (secondary N) is 2. The number of fused-ring (bicyclic) bond motifs is 1. The van der Waals surface area contributed by atoms with E-state index in [0.29, 0.717) is 28.2 Å². The molecule has 2 aromatic rings. The Hall–Kier alpha value is -3.88. The molecule has 0 atom stereocenters. The zero-order valence-corrected chi connectivity index (χ0v) is 19.9. The summed E-state index contributed by atoms with van der Waals surface area (Å²) in [6, 6.07) is 9.35. The molecule has 0 radical (unpaired) electrons. The average molecular weight is 480 g/mol.